The molecule has 6 aliphatic rings. The number of esters is 1. The molecule has 9 atom stereocenters. The molecule has 6 bridgehead atoms. The van der Waals surface area contributed by atoms with Crippen molar-refractivity contribution in [3.63, 3.8) is 0 Å². The quantitative estimate of drug-likeness (QED) is 0.545. The Morgan fingerprint density at radius 1 is 0.938 bits per heavy atom. The van der Waals surface area contributed by atoms with E-state index in [0.717, 1.165) is 50.0 Å². The van der Waals surface area contributed by atoms with E-state index < -0.39 is 0 Å². The van der Waals surface area contributed by atoms with Crippen LogP contribution in [0.3, 0.4) is 0 Å². The van der Waals surface area contributed by atoms with Gasteiger partial charge in [-0.2, -0.15) is 0 Å². The number of fused-ring (bicyclic) bond motifs is 5. The van der Waals surface area contributed by atoms with Crippen LogP contribution >= 0.6 is 0 Å². The summed E-state index contributed by atoms with van der Waals surface area (Å²) >= 11 is 0. The summed E-state index contributed by atoms with van der Waals surface area (Å²) in [6.07, 6.45) is 16.3. The average molecular weight is 442 g/mol. The molecule has 0 N–H and O–H groups in total. The van der Waals surface area contributed by atoms with Gasteiger partial charge in [0.2, 0.25) is 5.91 Å². The van der Waals surface area contributed by atoms with Crippen molar-refractivity contribution in [2.45, 2.75) is 90.4 Å². The molecule has 6 fully saturated rings. The lowest BCUT2D eigenvalue weighted by atomic mass is 9.50. The highest BCUT2D eigenvalue weighted by Gasteiger charge is 2.71. The van der Waals surface area contributed by atoms with Crippen LogP contribution in [0.25, 0.3) is 0 Å². The van der Waals surface area contributed by atoms with E-state index in [1.165, 1.54) is 57.8 Å². The number of rotatable bonds is 4. The molecule has 0 aromatic carbocycles. The molecule has 6 saturated carbocycles. The normalized spacial score (nSPS) is 50.7. The summed E-state index contributed by atoms with van der Waals surface area (Å²) in [6, 6.07) is 0. The van der Waals surface area contributed by atoms with Gasteiger partial charge in [0.15, 0.2) is 0 Å². The van der Waals surface area contributed by atoms with Crippen LogP contribution in [-0.4, -0.2) is 37.5 Å². The molecule has 0 aromatic heterocycles. The zero-order valence-electron chi connectivity index (χ0n) is 20.5. The molecule has 4 nitrogen and oxygen atoms in total. The van der Waals surface area contributed by atoms with Crippen molar-refractivity contribution < 1.29 is 14.3 Å². The Balaban J connectivity index is 1.33. The van der Waals surface area contributed by atoms with Crippen molar-refractivity contribution in [1.29, 1.82) is 0 Å². The Hall–Kier alpha value is -1.06. The molecule has 0 saturated heterocycles. The van der Waals surface area contributed by atoms with Crippen LogP contribution in [0.15, 0.2) is 0 Å². The fraction of sp³-hybridized carbons (Fsp3) is 0.929. The van der Waals surface area contributed by atoms with E-state index in [1.807, 2.05) is 11.9 Å². The number of nitrogens with zero attached hydrogens (tertiary/aromatic N) is 1. The third-order valence-corrected chi connectivity index (χ3v) is 12.0. The molecule has 6 rings (SSSR count). The van der Waals surface area contributed by atoms with Gasteiger partial charge in [0.1, 0.15) is 0 Å². The van der Waals surface area contributed by atoms with Crippen LogP contribution in [-0.2, 0) is 14.3 Å². The van der Waals surface area contributed by atoms with Gasteiger partial charge in [-0.1, -0.05) is 12.8 Å². The lowest BCUT2D eigenvalue weighted by Crippen LogP contribution is -2.46. The van der Waals surface area contributed by atoms with Crippen LogP contribution < -0.4 is 0 Å². The molecule has 32 heavy (non-hydrogen) atoms. The van der Waals surface area contributed by atoms with Gasteiger partial charge in [-0.05, 0) is 118 Å². The summed E-state index contributed by atoms with van der Waals surface area (Å²) in [5, 5.41) is 0. The Labute approximate surface area is 194 Å². The summed E-state index contributed by atoms with van der Waals surface area (Å²) < 4.78 is 5.49. The molecule has 9 unspecified atom stereocenters. The smallest absolute Gasteiger partial charge is 0.312 e. The van der Waals surface area contributed by atoms with Crippen molar-refractivity contribution in [3.05, 3.63) is 0 Å². The zero-order valence-corrected chi connectivity index (χ0v) is 20.5. The van der Waals surface area contributed by atoms with Gasteiger partial charge < -0.3 is 9.64 Å². The van der Waals surface area contributed by atoms with Crippen molar-refractivity contribution in [2.24, 2.45) is 51.8 Å². The summed E-state index contributed by atoms with van der Waals surface area (Å²) in [5.74, 6) is 4.40. The Morgan fingerprint density at radius 2 is 1.69 bits per heavy atom. The first-order valence-corrected chi connectivity index (χ1v) is 13.7. The third-order valence-electron chi connectivity index (χ3n) is 12.0. The van der Waals surface area contributed by atoms with Crippen LogP contribution in [0.2, 0.25) is 0 Å². The molecule has 4 heteroatoms. The van der Waals surface area contributed by atoms with Gasteiger partial charge in [0, 0.05) is 19.5 Å². The first kappa shape index (κ1) is 21.5. The molecule has 0 aromatic rings. The molecule has 0 spiro atoms. The number of methoxy groups -OCH3 is 1. The first-order valence-electron chi connectivity index (χ1n) is 13.7. The van der Waals surface area contributed by atoms with Gasteiger partial charge in [-0.25, -0.2) is 0 Å². The SMILES string of the molecule is CCN(C)C(=O)C1CC2CC3CC(C45CC6CCCC(C(=O)OC)(C4)C(C6)C5)(C2)CC3C1. The van der Waals surface area contributed by atoms with E-state index in [-0.39, 0.29) is 17.3 Å². The Morgan fingerprint density at radius 3 is 2.44 bits per heavy atom. The molecule has 0 heterocycles. The van der Waals surface area contributed by atoms with Crippen molar-refractivity contribution in [1.82, 2.24) is 4.90 Å². The number of amides is 1. The van der Waals surface area contributed by atoms with Gasteiger partial charge in [0.25, 0.3) is 0 Å². The molecule has 0 aliphatic heterocycles. The summed E-state index contributed by atoms with van der Waals surface area (Å²) in [7, 11) is 3.60. The second kappa shape index (κ2) is 7.22. The van der Waals surface area contributed by atoms with Crippen molar-refractivity contribution >= 4 is 11.9 Å². The minimum absolute atomic E-state index is 0.113. The monoisotopic (exact) mass is 441 g/mol. The highest BCUT2D eigenvalue weighted by atomic mass is 16.5. The zero-order chi connectivity index (χ0) is 22.3. The van der Waals surface area contributed by atoms with Crippen molar-refractivity contribution in [2.75, 3.05) is 20.7 Å². The molecule has 178 valence electrons. The van der Waals surface area contributed by atoms with Crippen LogP contribution in [0.4, 0.5) is 0 Å². The maximum atomic E-state index is 13.3. The summed E-state index contributed by atoms with van der Waals surface area (Å²) in [5.41, 5.74) is 0.597. The van der Waals surface area contributed by atoms with E-state index in [2.05, 4.69) is 6.92 Å². The Kier molecular flexibility index (Phi) is 4.84. The second-order valence-electron chi connectivity index (χ2n) is 13.2. The minimum atomic E-state index is -0.193. The number of hydrogen-bond donors (Lipinski definition) is 0. The minimum Gasteiger partial charge on any atom is -0.469 e. The van der Waals surface area contributed by atoms with E-state index >= 15 is 0 Å². The molecule has 1 amide bonds. The fourth-order valence-electron chi connectivity index (χ4n) is 10.9. The van der Waals surface area contributed by atoms with Gasteiger partial charge in [-0.15, -0.1) is 0 Å². The molecular weight excluding hydrogens is 398 g/mol. The molecule has 0 radical (unpaired) electrons. The number of carbonyl (C=O) groups excluding carboxylic acids is 2. The highest BCUT2D eigenvalue weighted by Crippen LogP contribution is 2.78. The van der Waals surface area contributed by atoms with Crippen LogP contribution in [0.1, 0.15) is 90.4 Å². The Bertz CT molecular complexity index is 806. The average Bonchev–Trinajstić information content (AvgIpc) is 3.07. The van der Waals surface area contributed by atoms with Gasteiger partial charge in [-0.3, -0.25) is 9.59 Å². The first-order chi connectivity index (χ1) is 15.3. The van der Waals surface area contributed by atoms with E-state index in [9.17, 15) is 9.59 Å². The number of ether oxygens (including phenoxy) is 1. The van der Waals surface area contributed by atoms with Gasteiger partial charge >= 0.3 is 5.97 Å². The standard InChI is InChI=1S/C28H43NO3/c1-4-29(2)24(30)20-8-19-9-21-14-26(13-19,15-22(21)11-20)27-12-18-6-5-7-28(17-27,25(31)32-3)23(10-18)16-27/h18-23H,4-17H2,1-3H3. The van der Waals surface area contributed by atoms with E-state index in [4.69, 9.17) is 4.74 Å². The second-order valence-corrected chi connectivity index (χ2v) is 13.2. The highest BCUT2D eigenvalue weighted by molar-refractivity contribution is 5.79. The number of hydrogen-bond acceptors (Lipinski definition) is 3. The summed E-state index contributed by atoms with van der Waals surface area (Å²) in [4.78, 5) is 28.3. The maximum absolute atomic E-state index is 13.3. The van der Waals surface area contributed by atoms with Crippen LogP contribution in [0.5, 0.6) is 0 Å². The third kappa shape index (κ3) is 2.79. The number of carbonyl (C=O) groups is 2. The lowest BCUT2D eigenvalue weighted by molar-refractivity contribution is -0.156. The summed E-state index contributed by atoms with van der Waals surface area (Å²) in [6.45, 7) is 2.91. The molecule has 6 aliphatic carbocycles. The maximum Gasteiger partial charge on any atom is 0.312 e. The predicted molar refractivity (Wildman–Crippen MR) is 124 cm³/mol. The predicted octanol–water partition coefficient (Wildman–Crippen LogP) is 5.45. The molecular formula is C28H43NO3. The van der Waals surface area contributed by atoms with Crippen molar-refractivity contribution in [3.8, 4) is 0 Å². The van der Waals surface area contributed by atoms with E-state index in [0.29, 0.717) is 28.6 Å². The van der Waals surface area contributed by atoms with Crippen LogP contribution in [0, 0.1) is 51.8 Å². The lowest BCUT2D eigenvalue weighted by Gasteiger charge is -2.55. The topological polar surface area (TPSA) is 46.6 Å². The van der Waals surface area contributed by atoms with Gasteiger partial charge in [0.05, 0.1) is 12.5 Å². The largest absolute Gasteiger partial charge is 0.469 e. The fourth-order valence-corrected chi connectivity index (χ4v) is 10.9. The van der Waals surface area contributed by atoms with E-state index in [1.54, 1.807) is 7.11 Å².